The van der Waals surface area contributed by atoms with Gasteiger partial charge in [-0.2, -0.15) is 0 Å². The maximum Gasteiger partial charge on any atom is 0.323 e. The Kier molecular flexibility index (Phi) is 4.96. The summed E-state index contributed by atoms with van der Waals surface area (Å²) >= 11 is 0. The van der Waals surface area contributed by atoms with E-state index in [0.29, 0.717) is 12.2 Å². The van der Waals surface area contributed by atoms with Crippen molar-refractivity contribution in [1.29, 1.82) is 0 Å². The number of ether oxygens (including phenoxy) is 1. The van der Waals surface area contributed by atoms with Crippen LogP contribution < -0.4 is 10.9 Å². The zero-order chi connectivity index (χ0) is 20.9. The van der Waals surface area contributed by atoms with E-state index in [4.69, 9.17) is 4.74 Å². The maximum absolute atomic E-state index is 13.0. The zero-order valence-corrected chi connectivity index (χ0v) is 17.6. The molecule has 4 saturated carbocycles. The van der Waals surface area contributed by atoms with Crippen LogP contribution in [-0.4, -0.2) is 47.0 Å². The molecule has 6 rings (SSSR count). The molecule has 0 radical (unpaired) electrons. The molecule has 1 aromatic heterocycles. The largest absolute Gasteiger partial charge is 0.468 e. The number of aromatic amines is 1. The van der Waals surface area contributed by atoms with Gasteiger partial charge in [0.2, 0.25) is 0 Å². The number of hydrogen-bond donors (Lipinski definition) is 2. The van der Waals surface area contributed by atoms with Crippen LogP contribution in [0.1, 0.15) is 67.4 Å². The third-order valence-electron chi connectivity index (χ3n) is 7.84. The van der Waals surface area contributed by atoms with Gasteiger partial charge >= 0.3 is 5.97 Å². The van der Waals surface area contributed by atoms with E-state index in [0.717, 1.165) is 56.4 Å². The van der Waals surface area contributed by atoms with Crippen LogP contribution in [-0.2, 0) is 16.1 Å². The van der Waals surface area contributed by atoms with Crippen molar-refractivity contribution in [1.82, 2.24) is 15.2 Å². The molecular formula is C23H31N3O4. The molecule has 5 aliphatic rings. The topological polar surface area (TPSA) is 91.5 Å². The summed E-state index contributed by atoms with van der Waals surface area (Å²) in [6.45, 7) is 1.25. The molecule has 1 saturated heterocycles. The minimum absolute atomic E-state index is 0.111. The summed E-state index contributed by atoms with van der Waals surface area (Å²) in [4.78, 5) is 42.5. The maximum atomic E-state index is 13.0. The predicted octanol–water partition coefficient (Wildman–Crippen LogP) is 2.21. The van der Waals surface area contributed by atoms with Gasteiger partial charge in [-0.3, -0.25) is 19.3 Å². The Morgan fingerprint density at radius 3 is 2.43 bits per heavy atom. The van der Waals surface area contributed by atoms with Crippen LogP contribution in [0.3, 0.4) is 0 Å². The number of carbonyl (C=O) groups is 2. The van der Waals surface area contributed by atoms with Crippen molar-refractivity contribution < 1.29 is 14.3 Å². The van der Waals surface area contributed by atoms with E-state index in [1.807, 2.05) is 4.90 Å². The van der Waals surface area contributed by atoms with Crippen molar-refractivity contribution >= 4 is 11.9 Å². The highest BCUT2D eigenvalue weighted by Crippen LogP contribution is 2.55. The number of methoxy groups -OCH3 is 1. The summed E-state index contributed by atoms with van der Waals surface area (Å²) in [5.41, 5.74) is 0.423. The molecule has 7 nitrogen and oxygen atoms in total. The number of esters is 1. The van der Waals surface area contributed by atoms with Gasteiger partial charge in [0.05, 0.1) is 7.11 Å². The Morgan fingerprint density at radius 1 is 1.17 bits per heavy atom. The van der Waals surface area contributed by atoms with Crippen LogP contribution in [0.4, 0.5) is 0 Å². The second-order valence-corrected chi connectivity index (χ2v) is 10.0. The molecule has 0 aromatic carbocycles. The lowest BCUT2D eigenvalue weighted by Crippen LogP contribution is -2.60. The Labute approximate surface area is 176 Å². The molecule has 2 N–H and O–H groups in total. The monoisotopic (exact) mass is 413 g/mol. The lowest BCUT2D eigenvalue weighted by atomic mass is 9.53. The van der Waals surface area contributed by atoms with E-state index in [-0.39, 0.29) is 34.6 Å². The first-order chi connectivity index (χ1) is 14.4. The van der Waals surface area contributed by atoms with Crippen LogP contribution in [0.15, 0.2) is 16.9 Å². The summed E-state index contributed by atoms with van der Waals surface area (Å²) in [6, 6.07) is 3.16. The number of aromatic nitrogens is 1. The van der Waals surface area contributed by atoms with E-state index in [1.54, 1.807) is 12.1 Å². The Balaban J connectivity index is 1.28. The summed E-state index contributed by atoms with van der Waals surface area (Å²) in [6.07, 6.45) is 8.81. The number of nitrogens with one attached hydrogen (secondary N) is 2. The molecule has 0 spiro atoms. The molecule has 30 heavy (non-hydrogen) atoms. The summed E-state index contributed by atoms with van der Waals surface area (Å²) in [5.74, 6) is 1.72. The van der Waals surface area contributed by atoms with Crippen LogP contribution in [0, 0.1) is 17.8 Å². The second kappa shape index (κ2) is 7.52. The molecular weight excluding hydrogens is 382 g/mol. The molecule has 4 aliphatic carbocycles. The number of pyridine rings is 1. The number of hydrogen-bond acceptors (Lipinski definition) is 5. The fourth-order valence-electron chi connectivity index (χ4n) is 6.99. The third-order valence-corrected chi connectivity index (χ3v) is 7.84. The van der Waals surface area contributed by atoms with Gasteiger partial charge in [-0.25, -0.2) is 0 Å². The summed E-state index contributed by atoms with van der Waals surface area (Å²) in [5, 5.41) is 3.27. The molecule has 1 aromatic rings. The SMILES string of the molecule is COC(=O)[C@@H]1CCCN1Cc1ccc(C(=O)NC23CC4CC(CC(C4)C2)C3)c(=O)[nH]1. The van der Waals surface area contributed by atoms with E-state index in [9.17, 15) is 14.4 Å². The predicted molar refractivity (Wildman–Crippen MR) is 111 cm³/mol. The van der Waals surface area contributed by atoms with Gasteiger partial charge in [-0.15, -0.1) is 0 Å². The second-order valence-electron chi connectivity index (χ2n) is 10.0. The third kappa shape index (κ3) is 3.57. The fraction of sp³-hybridized carbons (Fsp3) is 0.696. The number of carbonyl (C=O) groups excluding carboxylic acids is 2. The molecule has 1 amide bonds. The van der Waals surface area contributed by atoms with E-state index < -0.39 is 0 Å². The fourth-order valence-corrected chi connectivity index (χ4v) is 6.99. The number of nitrogens with zero attached hydrogens (tertiary/aromatic N) is 1. The molecule has 7 heteroatoms. The van der Waals surface area contributed by atoms with Crippen molar-refractivity contribution in [2.75, 3.05) is 13.7 Å². The quantitative estimate of drug-likeness (QED) is 0.722. The van der Waals surface area contributed by atoms with E-state index in [1.165, 1.54) is 26.4 Å². The van der Waals surface area contributed by atoms with Crippen molar-refractivity contribution in [2.45, 2.75) is 69.5 Å². The van der Waals surface area contributed by atoms with Gasteiger partial charge in [-0.05, 0) is 87.8 Å². The van der Waals surface area contributed by atoms with Crippen molar-refractivity contribution in [3.63, 3.8) is 0 Å². The van der Waals surface area contributed by atoms with Crippen molar-refractivity contribution in [2.24, 2.45) is 17.8 Å². The molecule has 2 heterocycles. The molecule has 4 bridgehead atoms. The Hall–Kier alpha value is -2.15. The summed E-state index contributed by atoms with van der Waals surface area (Å²) < 4.78 is 4.89. The van der Waals surface area contributed by atoms with E-state index in [2.05, 4.69) is 10.3 Å². The molecule has 0 unspecified atom stereocenters. The van der Waals surface area contributed by atoms with Gasteiger partial charge in [0, 0.05) is 17.8 Å². The lowest BCUT2D eigenvalue weighted by molar-refractivity contribution is -0.146. The average Bonchev–Trinajstić information content (AvgIpc) is 3.14. The highest BCUT2D eigenvalue weighted by molar-refractivity contribution is 5.94. The minimum atomic E-state index is -0.358. The zero-order valence-electron chi connectivity index (χ0n) is 17.6. The molecule has 1 aliphatic heterocycles. The molecule has 1 atom stereocenters. The molecule has 162 valence electrons. The number of rotatable bonds is 5. The van der Waals surface area contributed by atoms with Gasteiger partial charge in [0.15, 0.2) is 0 Å². The van der Waals surface area contributed by atoms with Gasteiger partial charge in [0.25, 0.3) is 11.5 Å². The van der Waals surface area contributed by atoms with Gasteiger partial charge in [0.1, 0.15) is 11.6 Å². The number of H-pyrrole nitrogens is 1. The van der Waals surface area contributed by atoms with Gasteiger partial charge in [-0.1, -0.05) is 0 Å². The highest BCUT2D eigenvalue weighted by atomic mass is 16.5. The lowest BCUT2D eigenvalue weighted by Gasteiger charge is -2.56. The summed E-state index contributed by atoms with van der Waals surface area (Å²) in [7, 11) is 1.40. The van der Waals surface area contributed by atoms with Crippen molar-refractivity contribution in [3.05, 3.63) is 33.7 Å². The van der Waals surface area contributed by atoms with E-state index >= 15 is 0 Å². The normalized spacial score (nSPS) is 34.8. The number of amides is 1. The van der Waals surface area contributed by atoms with Crippen molar-refractivity contribution in [3.8, 4) is 0 Å². The van der Waals surface area contributed by atoms with Crippen LogP contribution in [0.5, 0.6) is 0 Å². The highest BCUT2D eigenvalue weighted by Gasteiger charge is 2.51. The Bertz CT molecular complexity index is 873. The van der Waals surface area contributed by atoms with Gasteiger partial charge < -0.3 is 15.0 Å². The first kappa shape index (κ1) is 19.8. The van der Waals surface area contributed by atoms with Crippen LogP contribution in [0.25, 0.3) is 0 Å². The number of likely N-dealkylation sites (tertiary alicyclic amines) is 1. The Morgan fingerprint density at radius 2 is 1.83 bits per heavy atom. The first-order valence-corrected chi connectivity index (χ1v) is 11.3. The first-order valence-electron chi connectivity index (χ1n) is 11.3. The van der Waals surface area contributed by atoms with Crippen LogP contribution in [0.2, 0.25) is 0 Å². The smallest absolute Gasteiger partial charge is 0.323 e. The van der Waals surface area contributed by atoms with Crippen LogP contribution >= 0.6 is 0 Å². The average molecular weight is 414 g/mol. The molecule has 5 fully saturated rings. The minimum Gasteiger partial charge on any atom is -0.468 e. The standard InChI is InChI=1S/C23H31N3O4/c1-30-22(29)19-3-2-6-26(19)13-17-4-5-18(20(27)24-17)21(28)25-23-10-14-7-15(11-23)9-16(8-14)12-23/h4-5,14-16,19H,2-3,6-13H2,1H3,(H,24,27)(H,25,28)/t14?,15?,16?,19-,23?/m0/s1.